The number of ether oxygens (including phenoxy) is 4. The van der Waals surface area contributed by atoms with Gasteiger partial charge in [0.2, 0.25) is 0 Å². The Kier molecular flexibility index (Phi) is 6.36. The van der Waals surface area contributed by atoms with Crippen molar-refractivity contribution in [3.05, 3.63) is 53.7 Å². The van der Waals surface area contributed by atoms with Crippen molar-refractivity contribution < 1.29 is 28.5 Å². The number of methoxy groups -OCH3 is 3. The summed E-state index contributed by atoms with van der Waals surface area (Å²) in [5.41, 5.74) is 2.18. The average Bonchev–Trinajstić information content (AvgIpc) is 2.78. The molecule has 0 spiro atoms. The maximum atomic E-state index is 12.6. The van der Waals surface area contributed by atoms with Gasteiger partial charge in [-0.05, 0) is 37.3 Å². The highest BCUT2D eigenvalue weighted by Crippen LogP contribution is 2.36. The topological polar surface area (TPSA) is 96.0 Å². The summed E-state index contributed by atoms with van der Waals surface area (Å²) in [5.74, 6) is 0.102. The van der Waals surface area contributed by atoms with Gasteiger partial charge in [0.05, 0.1) is 50.4 Å². The van der Waals surface area contributed by atoms with Crippen LogP contribution >= 0.6 is 0 Å². The van der Waals surface area contributed by atoms with Gasteiger partial charge < -0.3 is 24.3 Å². The van der Waals surface area contributed by atoms with E-state index in [1.54, 1.807) is 50.4 Å². The number of hydrogen-bond acceptors (Lipinski definition) is 8. The smallest absolute Gasteiger partial charge is 0.341 e. The van der Waals surface area contributed by atoms with Crippen LogP contribution in [0.2, 0.25) is 0 Å². The molecule has 0 saturated heterocycles. The number of nitrogens with zero attached hydrogens (tertiary/aromatic N) is 1. The molecule has 0 atom stereocenters. The van der Waals surface area contributed by atoms with Crippen LogP contribution in [-0.4, -0.2) is 44.9 Å². The molecule has 8 nitrogen and oxygen atoms in total. The zero-order valence-electron chi connectivity index (χ0n) is 17.1. The minimum Gasteiger partial charge on any atom is -0.497 e. The number of anilines is 2. The van der Waals surface area contributed by atoms with E-state index in [1.165, 1.54) is 20.4 Å². The van der Waals surface area contributed by atoms with E-state index in [4.69, 9.17) is 18.9 Å². The molecular formula is C22H22N2O6. The number of hydrogen-bond donors (Lipinski definition) is 1. The number of esters is 2. The molecule has 2 aromatic carbocycles. The molecule has 0 aliphatic heterocycles. The van der Waals surface area contributed by atoms with Crippen molar-refractivity contribution >= 4 is 34.2 Å². The Hall–Kier alpha value is -3.81. The highest BCUT2D eigenvalue weighted by molar-refractivity contribution is 6.08. The molecule has 30 heavy (non-hydrogen) atoms. The van der Waals surface area contributed by atoms with E-state index in [0.29, 0.717) is 39.3 Å². The number of pyridine rings is 1. The number of nitrogens with one attached hydrogen (secondary N) is 1. The van der Waals surface area contributed by atoms with Gasteiger partial charge in [0.1, 0.15) is 17.1 Å². The minimum atomic E-state index is -0.537. The summed E-state index contributed by atoms with van der Waals surface area (Å²) < 4.78 is 20.7. The van der Waals surface area contributed by atoms with Gasteiger partial charge in [0, 0.05) is 17.6 Å². The highest BCUT2D eigenvalue weighted by atomic mass is 16.5. The van der Waals surface area contributed by atoms with Crippen molar-refractivity contribution in [3.63, 3.8) is 0 Å². The lowest BCUT2D eigenvalue weighted by molar-refractivity contribution is 0.0526. The molecule has 0 aliphatic rings. The molecule has 0 bridgehead atoms. The van der Waals surface area contributed by atoms with Gasteiger partial charge in [-0.25, -0.2) is 9.59 Å². The van der Waals surface area contributed by atoms with Gasteiger partial charge in [-0.3, -0.25) is 4.98 Å². The molecule has 3 rings (SSSR count). The number of fused-ring (bicyclic) bond motifs is 1. The molecule has 1 N–H and O–H groups in total. The van der Waals surface area contributed by atoms with Crippen LogP contribution in [0.3, 0.4) is 0 Å². The summed E-state index contributed by atoms with van der Waals surface area (Å²) in [6.07, 6.45) is 1.44. The molecule has 1 heterocycles. The second-order valence-electron chi connectivity index (χ2n) is 6.18. The average molecular weight is 410 g/mol. The van der Waals surface area contributed by atoms with Gasteiger partial charge in [-0.1, -0.05) is 0 Å². The van der Waals surface area contributed by atoms with Crippen LogP contribution in [-0.2, 0) is 9.47 Å². The summed E-state index contributed by atoms with van der Waals surface area (Å²) in [4.78, 5) is 29.0. The molecule has 8 heteroatoms. The Morgan fingerprint density at radius 3 is 2.47 bits per heavy atom. The van der Waals surface area contributed by atoms with Crippen molar-refractivity contribution in [2.45, 2.75) is 6.92 Å². The van der Waals surface area contributed by atoms with E-state index < -0.39 is 11.9 Å². The van der Waals surface area contributed by atoms with Gasteiger partial charge in [-0.2, -0.15) is 0 Å². The summed E-state index contributed by atoms with van der Waals surface area (Å²) >= 11 is 0. The fraction of sp³-hybridized carbons (Fsp3) is 0.227. The third-order valence-electron chi connectivity index (χ3n) is 4.45. The summed E-state index contributed by atoms with van der Waals surface area (Å²) in [6, 6.07) is 10.2. The first-order chi connectivity index (χ1) is 14.5. The number of carbonyl (C=O) groups is 2. The molecule has 0 aliphatic carbocycles. The maximum Gasteiger partial charge on any atom is 0.341 e. The van der Waals surface area contributed by atoms with Gasteiger partial charge in [-0.15, -0.1) is 0 Å². The largest absolute Gasteiger partial charge is 0.497 e. The Morgan fingerprint density at radius 1 is 1.00 bits per heavy atom. The normalized spacial score (nSPS) is 10.4. The minimum absolute atomic E-state index is 0.213. The Bertz CT molecular complexity index is 1100. The molecule has 0 saturated carbocycles. The summed E-state index contributed by atoms with van der Waals surface area (Å²) in [6.45, 7) is 1.94. The molecular weight excluding hydrogens is 388 g/mol. The van der Waals surface area contributed by atoms with Crippen LogP contribution in [0.5, 0.6) is 11.5 Å². The van der Waals surface area contributed by atoms with Crippen molar-refractivity contribution in [1.29, 1.82) is 0 Å². The molecule has 0 radical (unpaired) electrons. The predicted molar refractivity (Wildman–Crippen MR) is 112 cm³/mol. The van der Waals surface area contributed by atoms with Crippen molar-refractivity contribution in [2.75, 3.05) is 33.3 Å². The van der Waals surface area contributed by atoms with Crippen LogP contribution in [0, 0.1) is 0 Å². The standard InChI is InChI=1S/C22H22N2O6/c1-5-30-22(26)16-12-23-17-8-6-13(21(25)29-4)10-15(17)20(16)24-18-9-7-14(27-2)11-19(18)28-3/h6-12H,5H2,1-4H3,(H,23,24). The molecule has 0 amide bonds. The number of aromatic nitrogens is 1. The monoisotopic (exact) mass is 410 g/mol. The van der Waals surface area contributed by atoms with Crippen LogP contribution in [0.4, 0.5) is 11.4 Å². The zero-order chi connectivity index (χ0) is 21.7. The van der Waals surface area contributed by atoms with Crippen molar-refractivity contribution in [3.8, 4) is 11.5 Å². The second-order valence-corrected chi connectivity index (χ2v) is 6.18. The molecule has 0 fully saturated rings. The zero-order valence-corrected chi connectivity index (χ0v) is 17.1. The van der Waals surface area contributed by atoms with Crippen LogP contribution in [0.1, 0.15) is 27.6 Å². The molecule has 156 valence electrons. The lowest BCUT2D eigenvalue weighted by atomic mass is 10.1. The summed E-state index contributed by atoms with van der Waals surface area (Å²) in [7, 11) is 4.40. The summed E-state index contributed by atoms with van der Waals surface area (Å²) in [5, 5.41) is 3.79. The number of rotatable bonds is 7. The lowest BCUT2D eigenvalue weighted by Gasteiger charge is -2.17. The van der Waals surface area contributed by atoms with Crippen molar-refractivity contribution in [2.24, 2.45) is 0 Å². The van der Waals surface area contributed by atoms with Crippen LogP contribution < -0.4 is 14.8 Å². The van der Waals surface area contributed by atoms with Crippen LogP contribution in [0.25, 0.3) is 10.9 Å². The van der Waals surface area contributed by atoms with E-state index in [1.807, 2.05) is 0 Å². The van der Waals surface area contributed by atoms with E-state index in [2.05, 4.69) is 10.3 Å². The third kappa shape index (κ3) is 4.12. The first kappa shape index (κ1) is 20.9. The Balaban J connectivity index is 2.21. The quantitative estimate of drug-likeness (QED) is 0.585. The fourth-order valence-electron chi connectivity index (χ4n) is 2.97. The fourth-order valence-corrected chi connectivity index (χ4v) is 2.97. The number of benzene rings is 2. The van der Waals surface area contributed by atoms with E-state index in [0.717, 1.165) is 0 Å². The Morgan fingerprint density at radius 2 is 1.80 bits per heavy atom. The Labute approximate surface area is 173 Å². The predicted octanol–water partition coefficient (Wildman–Crippen LogP) is 3.96. The van der Waals surface area contributed by atoms with Crippen LogP contribution in [0.15, 0.2) is 42.6 Å². The molecule has 0 unspecified atom stereocenters. The molecule has 1 aromatic heterocycles. The van der Waals surface area contributed by atoms with E-state index >= 15 is 0 Å². The molecule has 3 aromatic rings. The van der Waals surface area contributed by atoms with Gasteiger partial charge in [0.25, 0.3) is 0 Å². The SMILES string of the molecule is CCOC(=O)c1cnc2ccc(C(=O)OC)cc2c1Nc1ccc(OC)cc1OC. The highest BCUT2D eigenvalue weighted by Gasteiger charge is 2.20. The van der Waals surface area contributed by atoms with Gasteiger partial charge in [0.15, 0.2) is 0 Å². The second kappa shape index (κ2) is 9.13. The van der Waals surface area contributed by atoms with E-state index in [9.17, 15) is 9.59 Å². The van der Waals surface area contributed by atoms with Crippen molar-refractivity contribution in [1.82, 2.24) is 4.98 Å². The third-order valence-corrected chi connectivity index (χ3v) is 4.45. The van der Waals surface area contributed by atoms with Gasteiger partial charge >= 0.3 is 11.9 Å². The first-order valence-corrected chi connectivity index (χ1v) is 9.19. The first-order valence-electron chi connectivity index (χ1n) is 9.19. The number of carbonyl (C=O) groups excluding carboxylic acids is 2. The maximum absolute atomic E-state index is 12.6. The van der Waals surface area contributed by atoms with E-state index in [-0.39, 0.29) is 12.2 Å². The lowest BCUT2D eigenvalue weighted by Crippen LogP contribution is -2.10.